The van der Waals surface area contributed by atoms with Crippen LogP contribution in [0.4, 0.5) is 0 Å². The zero-order valence-corrected chi connectivity index (χ0v) is 28.1. The first-order valence-corrected chi connectivity index (χ1v) is 16.1. The van der Waals surface area contributed by atoms with E-state index in [1.165, 1.54) is 18.1 Å². The molecule has 11 heteroatoms. The van der Waals surface area contributed by atoms with Gasteiger partial charge in [-0.05, 0) is 47.9 Å². The average molecular weight is 712 g/mol. The van der Waals surface area contributed by atoms with Crippen LogP contribution in [0.2, 0.25) is 0 Å². The number of hydrogen-bond acceptors (Lipinski definition) is 7. The number of benzene rings is 3. The number of carbonyl (C=O) groups excluding carboxylic acids is 3. The highest BCUT2D eigenvalue weighted by molar-refractivity contribution is 9.10. The molecule has 0 saturated heterocycles. The molecule has 3 aromatic rings. The van der Waals surface area contributed by atoms with Crippen LogP contribution in [0.25, 0.3) is 6.08 Å². The number of amidine groups is 1. The first-order chi connectivity index (χ1) is 22.8. The number of carbonyl (C=O) groups is 3. The summed E-state index contributed by atoms with van der Waals surface area (Å²) in [7, 11) is 1.44. The largest absolute Gasteiger partial charge is 0.493 e. The third-order valence-corrected chi connectivity index (χ3v) is 8.41. The van der Waals surface area contributed by atoms with E-state index in [1.807, 2.05) is 66.7 Å². The molecule has 1 aliphatic heterocycles. The van der Waals surface area contributed by atoms with Gasteiger partial charge in [-0.1, -0.05) is 113 Å². The number of amides is 3. The molecule has 1 N–H and O–H groups in total. The molecule has 0 bridgehead atoms. The maximum atomic E-state index is 14.0. The Bertz CT molecular complexity index is 1770. The van der Waals surface area contributed by atoms with E-state index in [1.54, 1.807) is 43.4 Å². The summed E-state index contributed by atoms with van der Waals surface area (Å²) in [5.41, 5.74) is 2.50. The molecule has 0 fully saturated rings. The Morgan fingerprint density at radius 2 is 1.77 bits per heavy atom. The second-order valence-electron chi connectivity index (χ2n) is 9.79. The summed E-state index contributed by atoms with van der Waals surface area (Å²) in [5, 5.41) is 12.0. The number of nitriles is 1. The van der Waals surface area contributed by atoms with Crippen LogP contribution in [-0.4, -0.2) is 47.3 Å². The second-order valence-corrected chi connectivity index (χ2v) is 11.6. The number of nitrogens with one attached hydrogen (secondary N) is 1. The van der Waals surface area contributed by atoms with Crippen molar-refractivity contribution in [2.24, 2.45) is 4.99 Å². The first kappa shape index (κ1) is 34.7. The molecule has 1 aliphatic rings. The smallest absolute Gasteiger partial charge is 0.285 e. The summed E-state index contributed by atoms with van der Waals surface area (Å²) < 4.78 is 11.3. The molecule has 0 aliphatic carbocycles. The molecule has 0 aromatic heterocycles. The van der Waals surface area contributed by atoms with Gasteiger partial charge in [-0.15, -0.1) is 0 Å². The maximum Gasteiger partial charge on any atom is 0.285 e. The zero-order valence-electron chi connectivity index (χ0n) is 25.7. The van der Waals surface area contributed by atoms with Crippen molar-refractivity contribution in [1.29, 1.82) is 5.26 Å². The third-order valence-electron chi connectivity index (χ3n) is 6.79. The Labute approximate surface area is 286 Å². The molecule has 0 spiro atoms. The summed E-state index contributed by atoms with van der Waals surface area (Å²) in [6.07, 6.45) is 7.98. The predicted octanol–water partition coefficient (Wildman–Crippen LogP) is 6.75. The summed E-state index contributed by atoms with van der Waals surface area (Å²) in [6.45, 7) is 5.26. The van der Waals surface area contributed by atoms with Crippen LogP contribution in [-0.2, 0) is 14.4 Å². The highest BCUT2D eigenvalue weighted by Gasteiger charge is 2.35. The molecule has 238 valence electrons. The van der Waals surface area contributed by atoms with Crippen molar-refractivity contribution >= 4 is 56.7 Å². The van der Waals surface area contributed by atoms with E-state index in [-0.39, 0.29) is 29.0 Å². The molecular weight excluding hydrogens is 680 g/mol. The molecular formula is C36H31BrN4O5S. The van der Waals surface area contributed by atoms with Gasteiger partial charge in [-0.25, -0.2) is 0 Å². The van der Waals surface area contributed by atoms with Crippen LogP contribution in [0.3, 0.4) is 0 Å². The average Bonchev–Trinajstić information content (AvgIpc) is 3.09. The van der Waals surface area contributed by atoms with Crippen LogP contribution in [0.15, 0.2) is 124 Å². The summed E-state index contributed by atoms with van der Waals surface area (Å²) in [4.78, 5) is 46.3. The van der Waals surface area contributed by atoms with Crippen molar-refractivity contribution in [3.8, 4) is 17.6 Å². The normalized spacial score (nSPS) is 14.3. The van der Waals surface area contributed by atoms with Crippen LogP contribution < -0.4 is 14.8 Å². The number of hydrogen-bond donors (Lipinski definition) is 1. The van der Waals surface area contributed by atoms with Gasteiger partial charge in [-0.2, -0.15) is 10.3 Å². The molecule has 0 saturated carbocycles. The fourth-order valence-corrected chi connectivity index (χ4v) is 5.84. The lowest BCUT2D eigenvalue weighted by molar-refractivity contribution is -0.126. The van der Waals surface area contributed by atoms with Gasteiger partial charge < -0.3 is 14.8 Å². The van der Waals surface area contributed by atoms with Crippen molar-refractivity contribution in [3.05, 3.63) is 136 Å². The van der Waals surface area contributed by atoms with Gasteiger partial charge in [0.25, 0.3) is 11.8 Å². The van der Waals surface area contributed by atoms with E-state index in [4.69, 9.17) is 14.7 Å². The number of rotatable bonds is 12. The van der Waals surface area contributed by atoms with Gasteiger partial charge in [0, 0.05) is 10.2 Å². The molecule has 4 rings (SSSR count). The minimum atomic E-state index is -0.764. The minimum Gasteiger partial charge on any atom is -0.493 e. The Balaban J connectivity index is 1.65. The number of aliphatic imine (C=N–C) groups is 1. The van der Waals surface area contributed by atoms with Crippen LogP contribution in [0.1, 0.15) is 29.7 Å². The van der Waals surface area contributed by atoms with Crippen LogP contribution in [0.5, 0.6) is 11.5 Å². The fraction of sp³-hybridized carbons (Fsp3) is 0.139. The van der Waals surface area contributed by atoms with Gasteiger partial charge >= 0.3 is 0 Å². The minimum absolute atomic E-state index is 0.0574. The number of allylic oxidation sites excluding steroid dienone is 4. The van der Waals surface area contributed by atoms with Crippen molar-refractivity contribution in [1.82, 2.24) is 10.2 Å². The molecule has 0 atom stereocenters. The van der Waals surface area contributed by atoms with E-state index in [0.29, 0.717) is 27.2 Å². The quantitative estimate of drug-likeness (QED) is 0.125. The van der Waals surface area contributed by atoms with E-state index >= 15 is 0 Å². The molecule has 0 unspecified atom stereocenters. The molecule has 3 aromatic carbocycles. The topological polar surface area (TPSA) is 121 Å². The number of ether oxygens (including phenoxy) is 2. The van der Waals surface area contributed by atoms with Crippen molar-refractivity contribution in [3.63, 3.8) is 0 Å². The molecule has 1 heterocycles. The van der Waals surface area contributed by atoms with E-state index in [0.717, 1.165) is 22.9 Å². The van der Waals surface area contributed by atoms with E-state index in [2.05, 4.69) is 32.8 Å². The number of halogens is 1. The standard InChI is InChI=1S/C36H31BrN4O5S/c1-4-6-17-27(5-2)41-35(44)28(20-26-21-30(45-3)31(22-29(26)37)46-19-18-38)34(43)40-36(41)47-23-32(42)39-33(24-13-9-7-10-14-24)25-15-11-8-12-16-25/h4-17,20-22,33H,1,19,23H2,2-3H3,(H,39,42)/b17-6-,27-5+,28-20+. The maximum absolute atomic E-state index is 14.0. The van der Waals surface area contributed by atoms with E-state index in [9.17, 15) is 14.4 Å². The lowest BCUT2D eigenvalue weighted by atomic mass is 9.99. The molecule has 9 nitrogen and oxygen atoms in total. The van der Waals surface area contributed by atoms with Gasteiger partial charge in [0.2, 0.25) is 5.91 Å². The second kappa shape index (κ2) is 16.9. The van der Waals surface area contributed by atoms with Gasteiger partial charge in [0.1, 0.15) is 11.6 Å². The highest BCUT2D eigenvalue weighted by Crippen LogP contribution is 2.36. The summed E-state index contributed by atoms with van der Waals surface area (Å²) in [5.74, 6) is -1.19. The number of nitrogens with zero attached hydrogens (tertiary/aromatic N) is 3. The van der Waals surface area contributed by atoms with Gasteiger partial charge in [0.15, 0.2) is 23.3 Å². The van der Waals surface area contributed by atoms with Crippen molar-refractivity contribution in [2.75, 3.05) is 19.5 Å². The third kappa shape index (κ3) is 8.76. The van der Waals surface area contributed by atoms with Gasteiger partial charge in [-0.3, -0.25) is 19.3 Å². The number of methoxy groups -OCH3 is 1. The van der Waals surface area contributed by atoms with Crippen molar-refractivity contribution in [2.45, 2.75) is 13.0 Å². The highest BCUT2D eigenvalue weighted by atomic mass is 79.9. The summed E-state index contributed by atoms with van der Waals surface area (Å²) in [6, 6.07) is 23.9. The monoisotopic (exact) mass is 710 g/mol. The lowest BCUT2D eigenvalue weighted by Gasteiger charge is -2.28. The molecule has 3 amide bonds. The van der Waals surface area contributed by atoms with E-state index < -0.39 is 17.9 Å². The SMILES string of the molecule is C=C/C=C\C(=C/C)N1C(=O)/C(=C/c2cc(OC)c(OCC#N)cc2Br)C(=O)N=C1SCC(=O)NC(c1ccccc1)c1ccccc1. The van der Waals surface area contributed by atoms with Gasteiger partial charge in [0.05, 0.1) is 18.9 Å². The lowest BCUT2D eigenvalue weighted by Crippen LogP contribution is -2.42. The van der Waals surface area contributed by atoms with Crippen molar-refractivity contribution < 1.29 is 23.9 Å². The van der Waals surface area contributed by atoms with Crippen LogP contribution in [0, 0.1) is 11.3 Å². The Kier molecular flexibility index (Phi) is 12.5. The van der Waals surface area contributed by atoms with Crippen LogP contribution >= 0.6 is 27.7 Å². The Morgan fingerprint density at radius 3 is 2.34 bits per heavy atom. The number of thioether (sulfide) groups is 1. The zero-order chi connectivity index (χ0) is 33.8. The fourth-order valence-electron chi connectivity index (χ4n) is 4.59. The Morgan fingerprint density at radius 1 is 1.11 bits per heavy atom. The predicted molar refractivity (Wildman–Crippen MR) is 187 cm³/mol. The molecule has 47 heavy (non-hydrogen) atoms. The first-order valence-electron chi connectivity index (χ1n) is 14.3. The summed E-state index contributed by atoms with van der Waals surface area (Å²) >= 11 is 4.43. The molecule has 0 radical (unpaired) electrons. The Hall–Kier alpha value is -5.18.